The summed E-state index contributed by atoms with van der Waals surface area (Å²) in [5.74, 6) is -0.391. The van der Waals surface area contributed by atoms with Crippen molar-refractivity contribution in [1.82, 2.24) is 10.2 Å². The van der Waals surface area contributed by atoms with Crippen LogP contribution in [0.3, 0.4) is 0 Å². The molecule has 0 radical (unpaired) electrons. The molecule has 1 aliphatic rings. The zero-order valence-corrected chi connectivity index (χ0v) is 16.3. The number of sulfonamides is 1. The number of rotatable bonds is 5. The van der Waals surface area contributed by atoms with Crippen molar-refractivity contribution in [3.05, 3.63) is 54.0 Å². The SMILES string of the molecule is CC(NC(=O)C1CCCN(C(=O)c2ccco2)C1)c1ccc(S(N)(=O)=O)cc1. The molecule has 2 amide bonds. The van der Waals surface area contributed by atoms with Crippen molar-refractivity contribution in [2.45, 2.75) is 30.7 Å². The summed E-state index contributed by atoms with van der Waals surface area (Å²) in [5, 5.41) is 8.03. The molecule has 1 saturated heterocycles. The van der Waals surface area contributed by atoms with Gasteiger partial charge in [-0.05, 0) is 49.6 Å². The van der Waals surface area contributed by atoms with E-state index in [1.165, 1.54) is 18.4 Å². The molecular formula is C19H23N3O5S. The van der Waals surface area contributed by atoms with E-state index in [0.29, 0.717) is 19.5 Å². The van der Waals surface area contributed by atoms with Gasteiger partial charge in [0.2, 0.25) is 15.9 Å². The van der Waals surface area contributed by atoms with Crippen LogP contribution >= 0.6 is 0 Å². The molecule has 1 aliphatic heterocycles. The van der Waals surface area contributed by atoms with Gasteiger partial charge in [0.25, 0.3) is 5.91 Å². The highest BCUT2D eigenvalue weighted by Gasteiger charge is 2.30. The molecule has 9 heteroatoms. The molecule has 8 nitrogen and oxygen atoms in total. The second-order valence-electron chi connectivity index (χ2n) is 6.91. The van der Waals surface area contributed by atoms with Gasteiger partial charge < -0.3 is 14.6 Å². The lowest BCUT2D eigenvalue weighted by atomic mass is 9.96. The number of primary sulfonamides is 1. The molecule has 0 aliphatic carbocycles. The van der Waals surface area contributed by atoms with Gasteiger partial charge in [0, 0.05) is 13.1 Å². The van der Waals surface area contributed by atoms with Gasteiger partial charge in [0.05, 0.1) is 23.1 Å². The lowest BCUT2D eigenvalue weighted by Crippen LogP contribution is -2.45. The minimum atomic E-state index is -3.75. The van der Waals surface area contributed by atoms with E-state index in [1.54, 1.807) is 29.2 Å². The second-order valence-corrected chi connectivity index (χ2v) is 8.47. The highest BCUT2D eigenvalue weighted by molar-refractivity contribution is 7.89. The van der Waals surface area contributed by atoms with Crippen LogP contribution in [-0.2, 0) is 14.8 Å². The Labute approximate surface area is 163 Å². The number of nitrogens with zero attached hydrogens (tertiary/aromatic N) is 1. The van der Waals surface area contributed by atoms with E-state index in [1.807, 2.05) is 6.92 Å². The van der Waals surface area contributed by atoms with Crippen molar-refractivity contribution >= 4 is 21.8 Å². The van der Waals surface area contributed by atoms with Gasteiger partial charge >= 0.3 is 0 Å². The molecule has 150 valence electrons. The smallest absolute Gasteiger partial charge is 0.289 e. The normalized spacial score (nSPS) is 18.5. The molecular weight excluding hydrogens is 382 g/mol. The summed E-state index contributed by atoms with van der Waals surface area (Å²) in [6, 6.07) is 9.04. The first kappa shape index (κ1) is 20.1. The summed E-state index contributed by atoms with van der Waals surface area (Å²) in [6.45, 7) is 2.74. The number of carbonyl (C=O) groups excluding carboxylic acids is 2. The van der Waals surface area contributed by atoms with E-state index in [-0.39, 0.29) is 34.4 Å². The lowest BCUT2D eigenvalue weighted by molar-refractivity contribution is -0.127. The maximum absolute atomic E-state index is 12.7. The Bertz CT molecular complexity index is 938. The Morgan fingerprint density at radius 2 is 1.96 bits per heavy atom. The van der Waals surface area contributed by atoms with E-state index in [4.69, 9.17) is 9.56 Å². The van der Waals surface area contributed by atoms with E-state index in [0.717, 1.165) is 12.0 Å². The number of benzene rings is 1. The number of likely N-dealkylation sites (tertiary alicyclic amines) is 1. The number of amides is 2. The second kappa shape index (κ2) is 8.15. The molecule has 2 aromatic rings. The van der Waals surface area contributed by atoms with E-state index >= 15 is 0 Å². The number of piperidine rings is 1. The summed E-state index contributed by atoms with van der Waals surface area (Å²) in [6.07, 6.45) is 2.89. The Hall–Kier alpha value is -2.65. The summed E-state index contributed by atoms with van der Waals surface area (Å²) in [5.41, 5.74) is 0.764. The topological polar surface area (TPSA) is 123 Å². The maximum atomic E-state index is 12.7. The van der Waals surface area contributed by atoms with Gasteiger partial charge in [-0.1, -0.05) is 12.1 Å². The Morgan fingerprint density at radius 3 is 2.57 bits per heavy atom. The Kier molecular flexibility index (Phi) is 5.85. The molecule has 0 saturated carbocycles. The average molecular weight is 405 g/mol. The van der Waals surface area contributed by atoms with Gasteiger partial charge in [-0.3, -0.25) is 9.59 Å². The summed E-state index contributed by atoms with van der Waals surface area (Å²) < 4.78 is 27.8. The molecule has 0 bridgehead atoms. The fourth-order valence-corrected chi connectivity index (χ4v) is 3.81. The minimum absolute atomic E-state index is 0.0223. The van der Waals surface area contributed by atoms with E-state index in [9.17, 15) is 18.0 Å². The first-order chi connectivity index (χ1) is 13.3. The monoisotopic (exact) mass is 405 g/mol. The standard InChI is InChI=1S/C19H23N3O5S/c1-13(14-6-8-16(9-7-14)28(20,25)26)21-18(23)15-4-2-10-22(12-15)19(24)17-5-3-11-27-17/h3,5-9,11,13,15H,2,4,10,12H2,1H3,(H,21,23)(H2,20,25,26). The predicted octanol–water partition coefficient (Wildman–Crippen LogP) is 1.66. The molecule has 3 rings (SSSR count). The first-order valence-electron chi connectivity index (χ1n) is 9.01. The third kappa shape index (κ3) is 4.60. The summed E-state index contributed by atoms with van der Waals surface area (Å²) >= 11 is 0. The van der Waals surface area contributed by atoms with Gasteiger partial charge in [-0.25, -0.2) is 13.6 Å². The molecule has 1 aromatic heterocycles. The Morgan fingerprint density at radius 1 is 1.25 bits per heavy atom. The molecule has 0 spiro atoms. The zero-order valence-electron chi connectivity index (χ0n) is 15.5. The van der Waals surface area contributed by atoms with Crippen molar-refractivity contribution in [3.8, 4) is 0 Å². The summed E-state index contributed by atoms with van der Waals surface area (Å²) in [4.78, 5) is 26.8. The van der Waals surface area contributed by atoms with E-state index in [2.05, 4.69) is 5.32 Å². The number of nitrogens with two attached hydrogens (primary N) is 1. The van der Waals surface area contributed by atoms with Crippen molar-refractivity contribution < 1.29 is 22.4 Å². The predicted molar refractivity (Wildman–Crippen MR) is 102 cm³/mol. The fraction of sp³-hybridized carbons (Fsp3) is 0.368. The summed E-state index contributed by atoms with van der Waals surface area (Å²) in [7, 11) is -3.75. The first-order valence-corrected chi connectivity index (χ1v) is 10.6. The van der Waals surface area contributed by atoms with Gasteiger partial charge in [-0.2, -0.15) is 0 Å². The molecule has 2 atom stereocenters. The van der Waals surface area contributed by atoms with Crippen LogP contribution in [0.15, 0.2) is 52.0 Å². The average Bonchev–Trinajstić information content (AvgIpc) is 3.21. The highest BCUT2D eigenvalue weighted by atomic mass is 32.2. The van der Waals surface area contributed by atoms with Crippen LogP contribution in [0.4, 0.5) is 0 Å². The van der Waals surface area contributed by atoms with E-state index < -0.39 is 10.0 Å². The number of nitrogens with one attached hydrogen (secondary N) is 1. The lowest BCUT2D eigenvalue weighted by Gasteiger charge is -2.32. The number of hydrogen-bond acceptors (Lipinski definition) is 5. The van der Waals surface area contributed by atoms with Crippen LogP contribution in [-0.4, -0.2) is 38.2 Å². The van der Waals surface area contributed by atoms with Crippen molar-refractivity contribution in [2.75, 3.05) is 13.1 Å². The van der Waals surface area contributed by atoms with Crippen LogP contribution < -0.4 is 10.5 Å². The number of hydrogen-bond donors (Lipinski definition) is 2. The van der Waals surface area contributed by atoms with Crippen LogP contribution in [0.5, 0.6) is 0 Å². The fourth-order valence-electron chi connectivity index (χ4n) is 3.29. The number of carbonyl (C=O) groups is 2. The van der Waals surface area contributed by atoms with Crippen LogP contribution in [0.25, 0.3) is 0 Å². The maximum Gasteiger partial charge on any atom is 0.289 e. The Balaban J connectivity index is 1.61. The van der Waals surface area contributed by atoms with Gasteiger partial charge in [0.1, 0.15) is 0 Å². The molecule has 2 unspecified atom stereocenters. The zero-order chi connectivity index (χ0) is 20.3. The number of furan rings is 1. The molecule has 1 aromatic carbocycles. The third-order valence-electron chi connectivity index (χ3n) is 4.88. The van der Waals surface area contributed by atoms with Crippen molar-refractivity contribution in [1.29, 1.82) is 0 Å². The third-order valence-corrected chi connectivity index (χ3v) is 5.81. The van der Waals surface area contributed by atoms with Gasteiger partial charge in [-0.15, -0.1) is 0 Å². The van der Waals surface area contributed by atoms with Crippen LogP contribution in [0.1, 0.15) is 41.9 Å². The highest BCUT2D eigenvalue weighted by Crippen LogP contribution is 2.21. The minimum Gasteiger partial charge on any atom is -0.459 e. The van der Waals surface area contributed by atoms with Crippen molar-refractivity contribution in [2.24, 2.45) is 11.1 Å². The molecule has 3 N–H and O–H groups in total. The largest absolute Gasteiger partial charge is 0.459 e. The van der Waals surface area contributed by atoms with Gasteiger partial charge in [0.15, 0.2) is 5.76 Å². The van der Waals surface area contributed by atoms with Crippen LogP contribution in [0, 0.1) is 5.92 Å². The van der Waals surface area contributed by atoms with Crippen LogP contribution in [0.2, 0.25) is 0 Å². The molecule has 28 heavy (non-hydrogen) atoms. The quantitative estimate of drug-likeness (QED) is 0.783. The molecule has 1 fully saturated rings. The van der Waals surface area contributed by atoms with Crippen molar-refractivity contribution in [3.63, 3.8) is 0 Å². The molecule has 2 heterocycles.